The maximum absolute atomic E-state index is 12.1. The summed E-state index contributed by atoms with van der Waals surface area (Å²) < 4.78 is 6.94. The Hall–Kier alpha value is -1.07. The first-order valence-electron chi connectivity index (χ1n) is 6.64. The van der Waals surface area contributed by atoms with Crippen molar-refractivity contribution in [3.05, 3.63) is 16.4 Å². The lowest BCUT2D eigenvalue weighted by molar-refractivity contribution is 0.0514. The quantitative estimate of drug-likeness (QED) is 0.920. The highest BCUT2D eigenvalue weighted by Gasteiger charge is 2.19. The number of nitrogens with zero attached hydrogens (tertiary/aromatic N) is 2. The first kappa shape index (κ1) is 14.3. The van der Waals surface area contributed by atoms with Crippen LogP contribution in [0.1, 0.15) is 35.4 Å². The molecular weight excluding hydrogens is 266 g/mol. The molecule has 0 spiro atoms. The largest absolute Gasteiger partial charge is 0.381 e. The maximum Gasteiger partial charge on any atom is 0.271 e. The molecule has 1 aliphatic heterocycles. The number of rotatable bonds is 4. The van der Waals surface area contributed by atoms with Gasteiger partial charge >= 0.3 is 0 Å². The normalized spacial score (nSPS) is 19.4. The minimum absolute atomic E-state index is 0.162. The standard InChI is InChI=1S/C13H20ClN3O2/c1-9-11(14)12(17(2)16-9)13(18)15-6-5-10-4-3-7-19-8-10/h10H,3-8H2,1-2H3,(H,15,18). The van der Waals surface area contributed by atoms with Crippen molar-refractivity contribution in [3.63, 3.8) is 0 Å². The fourth-order valence-electron chi connectivity index (χ4n) is 2.39. The van der Waals surface area contributed by atoms with Crippen molar-refractivity contribution in [3.8, 4) is 0 Å². The molecule has 0 aromatic carbocycles. The highest BCUT2D eigenvalue weighted by Crippen LogP contribution is 2.19. The molecule has 5 nitrogen and oxygen atoms in total. The molecule has 1 atom stereocenters. The first-order valence-corrected chi connectivity index (χ1v) is 7.02. The molecule has 2 rings (SSSR count). The number of amides is 1. The molecule has 6 heteroatoms. The van der Waals surface area contributed by atoms with Crippen LogP contribution >= 0.6 is 11.6 Å². The summed E-state index contributed by atoms with van der Waals surface area (Å²) in [5, 5.41) is 7.47. The Bertz CT molecular complexity index is 453. The molecular formula is C13H20ClN3O2. The van der Waals surface area contributed by atoms with Crippen LogP contribution in [-0.2, 0) is 11.8 Å². The van der Waals surface area contributed by atoms with Crippen molar-refractivity contribution in [1.82, 2.24) is 15.1 Å². The summed E-state index contributed by atoms with van der Waals surface area (Å²) in [6.07, 6.45) is 3.24. The fraction of sp³-hybridized carbons (Fsp3) is 0.692. The third-order valence-electron chi connectivity index (χ3n) is 3.46. The van der Waals surface area contributed by atoms with Gasteiger partial charge in [-0.05, 0) is 32.1 Å². The minimum Gasteiger partial charge on any atom is -0.381 e. The zero-order chi connectivity index (χ0) is 13.8. The lowest BCUT2D eigenvalue weighted by atomic mass is 9.99. The van der Waals surface area contributed by atoms with Gasteiger partial charge in [-0.1, -0.05) is 11.6 Å². The van der Waals surface area contributed by atoms with Gasteiger partial charge in [-0.3, -0.25) is 9.48 Å². The molecule has 0 bridgehead atoms. The second kappa shape index (κ2) is 6.39. The number of ether oxygens (including phenoxy) is 1. The van der Waals surface area contributed by atoms with Crippen molar-refractivity contribution in [2.75, 3.05) is 19.8 Å². The van der Waals surface area contributed by atoms with Crippen LogP contribution < -0.4 is 5.32 Å². The topological polar surface area (TPSA) is 56.2 Å². The lowest BCUT2D eigenvalue weighted by Crippen LogP contribution is -2.29. The van der Waals surface area contributed by atoms with E-state index >= 15 is 0 Å². The van der Waals surface area contributed by atoms with Crippen molar-refractivity contribution in [1.29, 1.82) is 0 Å². The smallest absolute Gasteiger partial charge is 0.271 e. The zero-order valence-electron chi connectivity index (χ0n) is 11.4. The number of carbonyl (C=O) groups is 1. The summed E-state index contributed by atoms with van der Waals surface area (Å²) in [6, 6.07) is 0. The van der Waals surface area contributed by atoms with E-state index < -0.39 is 0 Å². The van der Waals surface area contributed by atoms with E-state index in [0.717, 1.165) is 26.1 Å². The maximum atomic E-state index is 12.1. The summed E-state index contributed by atoms with van der Waals surface area (Å²) in [5.74, 6) is 0.391. The van der Waals surface area contributed by atoms with Gasteiger partial charge in [-0.2, -0.15) is 5.10 Å². The Morgan fingerprint density at radius 3 is 3.00 bits per heavy atom. The Kier molecular flexibility index (Phi) is 4.82. The van der Waals surface area contributed by atoms with Crippen LogP contribution in [0.4, 0.5) is 0 Å². The third kappa shape index (κ3) is 3.48. The second-order valence-corrected chi connectivity index (χ2v) is 5.38. The van der Waals surface area contributed by atoms with Crippen molar-refractivity contribution < 1.29 is 9.53 Å². The van der Waals surface area contributed by atoms with Gasteiger partial charge in [0.05, 0.1) is 10.7 Å². The predicted molar refractivity (Wildman–Crippen MR) is 73.4 cm³/mol. The molecule has 1 N–H and O–H groups in total. The van der Waals surface area contributed by atoms with Crippen LogP contribution in [0.3, 0.4) is 0 Å². The summed E-state index contributed by atoms with van der Waals surface area (Å²) in [4.78, 5) is 12.1. The van der Waals surface area contributed by atoms with E-state index in [9.17, 15) is 4.79 Å². The Morgan fingerprint density at radius 2 is 2.42 bits per heavy atom. The highest BCUT2D eigenvalue weighted by molar-refractivity contribution is 6.34. The van der Waals surface area contributed by atoms with Gasteiger partial charge in [0.25, 0.3) is 5.91 Å². The van der Waals surface area contributed by atoms with Crippen molar-refractivity contribution in [2.45, 2.75) is 26.2 Å². The van der Waals surface area contributed by atoms with E-state index in [-0.39, 0.29) is 5.91 Å². The Labute approximate surface area is 118 Å². The molecule has 1 unspecified atom stereocenters. The van der Waals surface area contributed by atoms with Gasteiger partial charge in [-0.25, -0.2) is 0 Å². The van der Waals surface area contributed by atoms with Crippen molar-refractivity contribution in [2.24, 2.45) is 13.0 Å². The van der Waals surface area contributed by atoms with E-state index in [1.165, 1.54) is 11.1 Å². The number of aryl methyl sites for hydroxylation is 2. The van der Waals surface area contributed by atoms with Gasteiger partial charge < -0.3 is 10.1 Å². The Morgan fingerprint density at radius 1 is 1.63 bits per heavy atom. The highest BCUT2D eigenvalue weighted by atomic mass is 35.5. The van der Waals surface area contributed by atoms with Crippen LogP contribution in [0.5, 0.6) is 0 Å². The van der Waals surface area contributed by atoms with Gasteiger partial charge in [-0.15, -0.1) is 0 Å². The molecule has 2 heterocycles. The molecule has 0 radical (unpaired) electrons. The van der Waals surface area contributed by atoms with Gasteiger partial charge in [0.1, 0.15) is 5.69 Å². The van der Waals surface area contributed by atoms with Crippen LogP contribution in [0.25, 0.3) is 0 Å². The number of carbonyl (C=O) groups excluding carboxylic acids is 1. The average molecular weight is 286 g/mol. The van der Waals surface area contributed by atoms with Crippen LogP contribution in [0.15, 0.2) is 0 Å². The zero-order valence-corrected chi connectivity index (χ0v) is 12.2. The van der Waals surface area contributed by atoms with Crippen LogP contribution in [0.2, 0.25) is 5.02 Å². The van der Waals surface area contributed by atoms with E-state index in [0.29, 0.717) is 28.9 Å². The molecule has 0 aliphatic carbocycles. The van der Waals surface area contributed by atoms with E-state index in [1.807, 2.05) is 0 Å². The van der Waals surface area contributed by atoms with Crippen LogP contribution in [-0.4, -0.2) is 35.4 Å². The molecule has 1 aromatic rings. The second-order valence-electron chi connectivity index (χ2n) is 5.00. The lowest BCUT2D eigenvalue weighted by Gasteiger charge is -2.21. The number of aromatic nitrogens is 2. The predicted octanol–water partition coefficient (Wildman–Crippen LogP) is 1.93. The number of nitrogens with one attached hydrogen (secondary N) is 1. The van der Waals surface area contributed by atoms with E-state index in [4.69, 9.17) is 16.3 Å². The summed E-state index contributed by atoms with van der Waals surface area (Å²) >= 11 is 6.07. The number of halogens is 1. The van der Waals surface area contributed by atoms with Gasteiger partial charge in [0, 0.05) is 26.8 Å². The minimum atomic E-state index is -0.162. The summed E-state index contributed by atoms with van der Waals surface area (Å²) in [6.45, 7) is 4.11. The molecule has 19 heavy (non-hydrogen) atoms. The van der Waals surface area contributed by atoms with Crippen LogP contribution in [0, 0.1) is 12.8 Å². The fourth-order valence-corrected chi connectivity index (χ4v) is 2.63. The first-order chi connectivity index (χ1) is 9.09. The SMILES string of the molecule is Cc1nn(C)c(C(=O)NCCC2CCCOC2)c1Cl. The molecule has 0 saturated carbocycles. The summed E-state index contributed by atoms with van der Waals surface area (Å²) in [5.41, 5.74) is 1.11. The van der Waals surface area contributed by atoms with Gasteiger partial charge in [0.2, 0.25) is 0 Å². The van der Waals surface area contributed by atoms with E-state index in [2.05, 4.69) is 10.4 Å². The van der Waals surface area contributed by atoms with Gasteiger partial charge in [0.15, 0.2) is 0 Å². The molecule has 1 amide bonds. The molecule has 106 valence electrons. The molecule has 1 fully saturated rings. The molecule has 1 aliphatic rings. The number of hydrogen-bond donors (Lipinski definition) is 1. The van der Waals surface area contributed by atoms with Crippen molar-refractivity contribution >= 4 is 17.5 Å². The molecule has 1 saturated heterocycles. The monoisotopic (exact) mass is 285 g/mol. The summed E-state index contributed by atoms with van der Waals surface area (Å²) in [7, 11) is 1.72. The average Bonchev–Trinajstić information content (AvgIpc) is 2.64. The third-order valence-corrected chi connectivity index (χ3v) is 3.91. The van der Waals surface area contributed by atoms with E-state index in [1.54, 1.807) is 14.0 Å². The number of hydrogen-bond acceptors (Lipinski definition) is 3. The Balaban J connectivity index is 1.84. The molecule has 1 aromatic heterocycles.